The highest BCUT2D eigenvalue weighted by Gasteiger charge is 2.24. The molecule has 0 fully saturated rings. The van der Waals surface area contributed by atoms with Crippen molar-refractivity contribution in [3.05, 3.63) is 103 Å². The van der Waals surface area contributed by atoms with Crippen molar-refractivity contribution in [2.24, 2.45) is 30.7 Å². The average molecular weight is 988 g/mol. The van der Waals surface area contributed by atoms with Crippen LogP contribution in [-0.2, 0) is 30.4 Å². The first-order valence-electron chi connectivity index (χ1n) is 19.2. The van der Waals surface area contributed by atoms with Crippen LogP contribution in [0.5, 0.6) is 34.5 Å². The third-order valence-corrected chi connectivity index (χ3v) is 12.5. The van der Waals surface area contributed by atoms with Gasteiger partial charge in [-0.3, -0.25) is 13.7 Å². The molecule has 0 aliphatic carbocycles. The number of nitrogens with one attached hydrogen (secondary N) is 1. The van der Waals surface area contributed by atoms with Gasteiger partial charge in [-0.05, 0) is 83.6 Å². The van der Waals surface area contributed by atoms with Crippen LogP contribution in [0.2, 0.25) is 0 Å². The van der Waals surface area contributed by atoms with E-state index in [9.17, 15) is 44.0 Å². The zero-order valence-electron chi connectivity index (χ0n) is 36.0. The number of nitrogens with zero attached hydrogens (tertiary/aromatic N) is 6. The molecule has 352 valence electrons. The second-order valence-electron chi connectivity index (χ2n) is 14.1. The Kier molecular flexibility index (Phi) is 13.6. The number of rotatable bonds is 16. The molecular formula is C43H37N7O15S3. The van der Waals surface area contributed by atoms with Gasteiger partial charge in [0.05, 0.1) is 46.1 Å². The van der Waals surface area contributed by atoms with Crippen LogP contribution in [0.4, 0.5) is 45.5 Å². The smallest absolute Gasteiger partial charge is 0.296 e. The van der Waals surface area contributed by atoms with E-state index >= 15 is 0 Å². The fourth-order valence-corrected chi connectivity index (χ4v) is 8.65. The SMILES string of the molecule is COc1ccc(Nc2ccc3c(O)c(N=Nc4cc(OC)c(N=Nc5cc(OC)c(N=Nc6ccc7cc(S(=O)(=O)O)cc(S(=O)(=O)O)c7c6)cc5OC)cc4OC)c(S(=O)(=O)O)cc3c2)cc1. The number of anilines is 2. The van der Waals surface area contributed by atoms with E-state index in [4.69, 9.17) is 23.7 Å². The first-order valence-corrected chi connectivity index (χ1v) is 23.5. The maximum Gasteiger partial charge on any atom is 0.296 e. The summed E-state index contributed by atoms with van der Waals surface area (Å²) in [6.07, 6.45) is 0. The van der Waals surface area contributed by atoms with Crippen molar-refractivity contribution in [1.82, 2.24) is 0 Å². The Balaban J connectivity index is 1.18. The number of azo groups is 3. The van der Waals surface area contributed by atoms with Crippen molar-refractivity contribution < 1.29 is 67.7 Å². The minimum absolute atomic E-state index is 0.000524. The van der Waals surface area contributed by atoms with E-state index in [1.54, 1.807) is 49.6 Å². The molecule has 22 nitrogen and oxygen atoms in total. The van der Waals surface area contributed by atoms with E-state index < -0.39 is 56.5 Å². The van der Waals surface area contributed by atoms with Crippen LogP contribution in [0.3, 0.4) is 0 Å². The maximum atomic E-state index is 12.6. The molecule has 68 heavy (non-hydrogen) atoms. The molecule has 0 radical (unpaired) electrons. The molecule has 5 N–H and O–H groups in total. The van der Waals surface area contributed by atoms with Crippen LogP contribution in [-0.4, -0.2) is 79.6 Å². The summed E-state index contributed by atoms with van der Waals surface area (Å²) in [5.41, 5.74) is 1.16. The number of aromatic hydroxyl groups is 1. The molecule has 0 unspecified atom stereocenters. The first-order chi connectivity index (χ1) is 32.2. The second-order valence-corrected chi connectivity index (χ2v) is 18.3. The predicted molar refractivity (Wildman–Crippen MR) is 247 cm³/mol. The first kappa shape index (κ1) is 48.1. The minimum Gasteiger partial charge on any atom is -0.505 e. The van der Waals surface area contributed by atoms with Crippen molar-refractivity contribution >= 4 is 97.4 Å². The molecule has 0 saturated heterocycles. The van der Waals surface area contributed by atoms with E-state index in [-0.39, 0.29) is 73.0 Å². The van der Waals surface area contributed by atoms with Crippen LogP contribution in [0.15, 0.2) is 149 Å². The lowest BCUT2D eigenvalue weighted by Crippen LogP contribution is -2.04. The highest BCUT2D eigenvalue weighted by atomic mass is 32.2. The largest absolute Gasteiger partial charge is 0.505 e. The maximum absolute atomic E-state index is 12.6. The van der Waals surface area contributed by atoms with Gasteiger partial charge in [0.1, 0.15) is 67.0 Å². The number of benzene rings is 7. The molecule has 0 aliphatic heterocycles. The summed E-state index contributed by atoms with van der Waals surface area (Å²) < 4.78 is 130. The van der Waals surface area contributed by atoms with Gasteiger partial charge in [-0.15, -0.1) is 25.6 Å². The van der Waals surface area contributed by atoms with E-state index in [1.807, 2.05) is 0 Å². The Morgan fingerprint density at radius 1 is 0.441 bits per heavy atom. The molecule has 0 saturated carbocycles. The summed E-state index contributed by atoms with van der Waals surface area (Å²) in [5, 5.41) is 40.1. The number of ether oxygens (including phenoxy) is 5. The highest BCUT2D eigenvalue weighted by molar-refractivity contribution is 7.87. The number of hydrogen-bond donors (Lipinski definition) is 5. The third-order valence-electron chi connectivity index (χ3n) is 9.91. The van der Waals surface area contributed by atoms with Gasteiger partial charge in [0, 0.05) is 46.4 Å². The molecule has 7 aromatic rings. The summed E-state index contributed by atoms with van der Waals surface area (Å²) in [6, 6.07) is 24.2. The number of phenols is 1. The molecule has 7 rings (SSSR count). The van der Waals surface area contributed by atoms with Gasteiger partial charge in [-0.1, -0.05) is 6.07 Å². The lowest BCUT2D eigenvalue weighted by Gasteiger charge is -2.12. The van der Waals surface area contributed by atoms with Crippen molar-refractivity contribution in [3.63, 3.8) is 0 Å². The van der Waals surface area contributed by atoms with Crippen molar-refractivity contribution in [3.8, 4) is 34.5 Å². The third kappa shape index (κ3) is 10.4. The summed E-state index contributed by atoms with van der Waals surface area (Å²) in [5.74, 6) is 0.497. The molecule has 7 aromatic carbocycles. The molecule has 0 heterocycles. The summed E-state index contributed by atoms with van der Waals surface area (Å²) in [7, 11) is -7.83. The molecule has 0 amide bonds. The van der Waals surface area contributed by atoms with Gasteiger partial charge in [0.15, 0.2) is 5.75 Å². The quantitative estimate of drug-likeness (QED) is 0.0444. The second kappa shape index (κ2) is 19.2. The van der Waals surface area contributed by atoms with Gasteiger partial charge in [-0.2, -0.15) is 30.4 Å². The topological polar surface area (TPSA) is 316 Å². The van der Waals surface area contributed by atoms with E-state index in [1.165, 1.54) is 70.9 Å². The summed E-state index contributed by atoms with van der Waals surface area (Å²) >= 11 is 0. The standard InChI is InChI=1S/C43H37N7O15S3/c1-61-28-11-8-25(9-12-28)44-26-10-13-30-24(14-26)16-41(68(58,59)60)42(43(30)51)50-49-35-22-38(64-4)34(21-39(35)65-5)48-47-33-20-36(62-2)32(19-37(33)63-3)46-45-27-7-6-23-15-29(66(52,53)54)18-40(31(23)17-27)67(55,56)57/h6-22,44,51H,1-5H3,(H,52,53,54)(H,55,56,57)(H,58,59,60). The van der Waals surface area contributed by atoms with Gasteiger partial charge in [0.25, 0.3) is 30.4 Å². The van der Waals surface area contributed by atoms with Crippen LogP contribution in [0, 0.1) is 0 Å². The van der Waals surface area contributed by atoms with Crippen molar-refractivity contribution in [2.45, 2.75) is 14.7 Å². The van der Waals surface area contributed by atoms with Gasteiger partial charge in [-0.25, -0.2) is 0 Å². The van der Waals surface area contributed by atoms with Crippen LogP contribution < -0.4 is 29.0 Å². The van der Waals surface area contributed by atoms with E-state index in [0.717, 1.165) is 12.1 Å². The molecule has 0 atom stereocenters. The monoisotopic (exact) mass is 987 g/mol. The van der Waals surface area contributed by atoms with Gasteiger partial charge < -0.3 is 34.1 Å². The molecule has 25 heteroatoms. The lowest BCUT2D eigenvalue weighted by molar-refractivity contribution is 0.403. The number of methoxy groups -OCH3 is 5. The Labute approximate surface area is 387 Å². The average Bonchev–Trinajstić information content (AvgIpc) is 3.30. The zero-order chi connectivity index (χ0) is 49.1. The number of fused-ring (bicyclic) bond motifs is 2. The van der Waals surface area contributed by atoms with Crippen molar-refractivity contribution in [1.29, 1.82) is 0 Å². The molecule has 0 aromatic heterocycles. The lowest BCUT2D eigenvalue weighted by atomic mass is 10.1. The predicted octanol–water partition coefficient (Wildman–Crippen LogP) is 10.5. The minimum atomic E-state index is -4.96. The highest BCUT2D eigenvalue weighted by Crippen LogP contribution is 2.46. The Morgan fingerprint density at radius 2 is 0.941 bits per heavy atom. The molecular weight excluding hydrogens is 951 g/mol. The van der Waals surface area contributed by atoms with Crippen LogP contribution in [0.25, 0.3) is 21.5 Å². The van der Waals surface area contributed by atoms with Crippen molar-refractivity contribution in [2.75, 3.05) is 40.9 Å². The van der Waals surface area contributed by atoms with E-state index in [2.05, 4.69) is 36.0 Å². The number of hydrogen-bond acceptors (Lipinski definition) is 19. The fraction of sp³-hybridized carbons (Fsp3) is 0.116. The Morgan fingerprint density at radius 3 is 1.43 bits per heavy atom. The molecule has 0 aliphatic rings. The molecule has 0 spiro atoms. The van der Waals surface area contributed by atoms with Crippen LogP contribution >= 0.6 is 0 Å². The molecule has 0 bridgehead atoms. The zero-order valence-corrected chi connectivity index (χ0v) is 38.5. The summed E-state index contributed by atoms with van der Waals surface area (Å²) in [6.45, 7) is 0. The summed E-state index contributed by atoms with van der Waals surface area (Å²) in [4.78, 5) is -2.25. The Bertz CT molecular complexity index is 3570. The number of phenolic OH excluding ortho intramolecular Hbond substituents is 1. The van der Waals surface area contributed by atoms with Gasteiger partial charge in [0.2, 0.25) is 0 Å². The van der Waals surface area contributed by atoms with Gasteiger partial charge >= 0.3 is 0 Å². The van der Waals surface area contributed by atoms with E-state index in [0.29, 0.717) is 23.2 Å². The fourth-order valence-electron chi connectivity index (χ4n) is 6.64. The Hall–Kier alpha value is -7.81. The van der Waals surface area contributed by atoms with Crippen LogP contribution in [0.1, 0.15) is 0 Å². The normalized spacial score (nSPS) is 12.4.